The summed E-state index contributed by atoms with van der Waals surface area (Å²) in [4.78, 5) is 8.95. The molecule has 3 aromatic rings. The first kappa shape index (κ1) is 17.7. The largest absolute Gasteiger partial charge is 0.363 e. The Morgan fingerprint density at radius 1 is 1.04 bits per heavy atom. The van der Waals surface area contributed by atoms with Crippen LogP contribution in [0.1, 0.15) is 41.9 Å². The molecule has 0 radical (unpaired) electrons. The van der Waals surface area contributed by atoms with Crippen LogP contribution in [0.2, 0.25) is 0 Å². The number of nitrogens with zero attached hydrogens (tertiary/aromatic N) is 2. The highest BCUT2D eigenvalue weighted by Crippen LogP contribution is 2.31. The van der Waals surface area contributed by atoms with Crippen LogP contribution in [0.15, 0.2) is 40.9 Å². The molecular formula is C19H18BrF2N3. The number of anilines is 1. The zero-order valence-corrected chi connectivity index (χ0v) is 15.7. The van der Waals surface area contributed by atoms with Gasteiger partial charge in [0.05, 0.1) is 11.6 Å². The van der Waals surface area contributed by atoms with Gasteiger partial charge in [-0.2, -0.15) is 0 Å². The number of rotatable bonds is 4. The number of nitrogens with one attached hydrogen (secondary N) is 1. The molecule has 1 atom stereocenters. The molecule has 0 fully saturated rings. The van der Waals surface area contributed by atoms with Crippen molar-refractivity contribution >= 4 is 32.7 Å². The molecule has 2 aromatic carbocycles. The van der Waals surface area contributed by atoms with Crippen molar-refractivity contribution in [3.05, 3.63) is 63.4 Å². The van der Waals surface area contributed by atoms with Gasteiger partial charge in [-0.05, 0) is 50.1 Å². The van der Waals surface area contributed by atoms with Crippen LogP contribution in [0, 0.1) is 13.8 Å². The average Bonchev–Trinajstić information content (AvgIpc) is 2.55. The fourth-order valence-corrected chi connectivity index (χ4v) is 3.35. The number of hydrogen-bond acceptors (Lipinski definition) is 3. The number of benzene rings is 2. The summed E-state index contributed by atoms with van der Waals surface area (Å²) in [5, 5.41) is 4.24. The number of aromatic nitrogens is 2. The Bertz CT molecular complexity index is 928. The molecule has 0 saturated carbocycles. The molecular weight excluding hydrogens is 388 g/mol. The van der Waals surface area contributed by atoms with Gasteiger partial charge < -0.3 is 5.32 Å². The predicted molar refractivity (Wildman–Crippen MR) is 100 cm³/mol. The normalized spacial score (nSPS) is 12.6. The first-order chi connectivity index (χ1) is 11.9. The molecule has 0 spiro atoms. The molecule has 3 rings (SSSR count). The third kappa shape index (κ3) is 3.63. The zero-order valence-electron chi connectivity index (χ0n) is 14.1. The van der Waals surface area contributed by atoms with E-state index in [4.69, 9.17) is 0 Å². The second-order valence-corrected chi connectivity index (χ2v) is 6.92. The lowest BCUT2D eigenvalue weighted by Crippen LogP contribution is -2.11. The topological polar surface area (TPSA) is 37.8 Å². The van der Waals surface area contributed by atoms with Crippen molar-refractivity contribution in [2.45, 2.75) is 33.2 Å². The van der Waals surface area contributed by atoms with E-state index in [0.29, 0.717) is 17.2 Å². The van der Waals surface area contributed by atoms with Crippen LogP contribution < -0.4 is 5.32 Å². The molecule has 0 bridgehead atoms. The molecule has 0 aliphatic carbocycles. The minimum atomic E-state index is -2.48. The van der Waals surface area contributed by atoms with Gasteiger partial charge in [-0.1, -0.05) is 34.1 Å². The van der Waals surface area contributed by atoms with E-state index in [9.17, 15) is 8.78 Å². The number of alkyl halides is 2. The van der Waals surface area contributed by atoms with E-state index in [1.54, 1.807) is 13.0 Å². The van der Waals surface area contributed by atoms with Gasteiger partial charge in [0.25, 0.3) is 6.43 Å². The quantitative estimate of drug-likeness (QED) is 0.567. The van der Waals surface area contributed by atoms with E-state index >= 15 is 0 Å². The van der Waals surface area contributed by atoms with E-state index in [-0.39, 0.29) is 11.6 Å². The lowest BCUT2D eigenvalue weighted by Gasteiger charge is -2.20. The first-order valence-corrected chi connectivity index (χ1v) is 8.74. The van der Waals surface area contributed by atoms with Crippen molar-refractivity contribution in [3.8, 4) is 0 Å². The second kappa shape index (κ2) is 7.04. The molecule has 3 nitrogen and oxygen atoms in total. The van der Waals surface area contributed by atoms with Crippen LogP contribution in [-0.2, 0) is 0 Å². The second-order valence-electron chi connectivity index (χ2n) is 6.01. The number of halogens is 3. The van der Waals surface area contributed by atoms with Crippen LogP contribution in [0.5, 0.6) is 0 Å². The van der Waals surface area contributed by atoms with Crippen molar-refractivity contribution in [1.82, 2.24) is 9.97 Å². The maximum Gasteiger partial charge on any atom is 0.264 e. The SMILES string of the molecule is Cc1nc(N[C@H](C)c2cccc(C(F)F)c2C)c2cc(Br)ccc2n1. The fraction of sp³-hybridized carbons (Fsp3) is 0.263. The van der Waals surface area contributed by atoms with Gasteiger partial charge in [0.1, 0.15) is 11.6 Å². The minimum absolute atomic E-state index is 0.0672. The van der Waals surface area contributed by atoms with Gasteiger partial charge in [0, 0.05) is 15.4 Å². The summed E-state index contributed by atoms with van der Waals surface area (Å²) >= 11 is 3.47. The first-order valence-electron chi connectivity index (χ1n) is 7.95. The van der Waals surface area contributed by atoms with E-state index in [0.717, 1.165) is 20.9 Å². The number of fused-ring (bicyclic) bond motifs is 1. The van der Waals surface area contributed by atoms with Crippen LogP contribution >= 0.6 is 15.9 Å². The monoisotopic (exact) mass is 405 g/mol. The van der Waals surface area contributed by atoms with Gasteiger partial charge in [0.15, 0.2) is 0 Å². The molecule has 0 saturated heterocycles. The fourth-order valence-electron chi connectivity index (χ4n) is 2.99. The van der Waals surface area contributed by atoms with Gasteiger partial charge >= 0.3 is 0 Å². The standard InChI is InChI=1S/C19H18BrF2N3/c1-10-14(5-4-6-15(10)18(21)22)11(2)23-19-16-9-13(20)7-8-17(16)24-12(3)25-19/h4-9,11,18H,1-3H3,(H,23,24,25)/t11-/m1/s1. The third-order valence-electron chi connectivity index (χ3n) is 4.24. The van der Waals surface area contributed by atoms with Gasteiger partial charge in [-0.15, -0.1) is 0 Å². The molecule has 130 valence electrons. The summed E-state index contributed by atoms with van der Waals surface area (Å²) in [5.74, 6) is 1.35. The van der Waals surface area contributed by atoms with Crippen molar-refractivity contribution in [3.63, 3.8) is 0 Å². The van der Waals surface area contributed by atoms with Crippen molar-refractivity contribution in [2.24, 2.45) is 0 Å². The lowest BCUT2D eigenvalue weighted by atomic mass is 9.97. The molecule has 1 heterocycles. The maximum absolute atomic E-state index is 13.2. The summed E-state index contributed by atoms with van der Waals surface area (Å²) in [5.41, 5.74) is 2.34. The van der Waals surface area contributed by atoms with Gasteiger partial charge in [0.2, 0.25) is 0 Å². The number of hydrogen-bond donors (Lipinski definition) is 1. The maximum atomic E-state index is 13.2. The minimum Gasteiger partial charge on any atom is -0.363 e. The van der Waals surface area contributed by atoms with E-state index < -0.39 is 6.43 Å². The number of aryl methyl sites for hydroxylation is 1. The highest BCUT2D eigenvalue weighted by Gasteiger charge is 2.17. The Morgan fingerprint density at radius 3 is 2.48 bits per heavy atom. The summed E-state index contributed by atoms with van der Waals surface area (Å²) < 4.78 is 27.2. The molecule has 0 amide bonds. The Hall–Kier alpha value is -2.08. The van der Waals surface area contributed by atoms with Crippen LogP contribution in [-0.4, -0.2) is 9.97 Å². The molecule has 1 N–H and O–H groups in total. The van der Waals surface area contributed by atoms with Gasteiger partial charge in [-0.25, -0.2) is 18.7 Å². The van der Waals surface area contributed by atoms with Crippen molar-refractivity contribution in [2.75, 3.05) is 5.32 Å². The highest BCUT2D eigenvalue weighted by atomic mass is 79.9. The lowest BCUT2D eigenvalue weighted by molar-refractivity contribution is 0.150. The van der Waals surface area contributed by atoms with Crippen LogP contribution in [0.3, 0.4) is 0 Å². The Balaban J connectivity index is 2.02. The Labute approximate surface area is 153 Å². The van der Waals surface area contributed by atoms with Crippen molar-refractivity contribution in [1.29, 1.82) is 0 Å². The summed E-state index contributed by atoms with van der Waals surface area (Å²) in [6.07, 6.45) is -2.48. The Morgan fingerprint density at radius 2 is 1.76 bits per heavy atom. The Kier molecular flexibility index (Phi) is 4.99. The van der Waals surface area contributed by atoms with Crippen LogP contribution in [0.25, 0.3) is 10.9 Å². The van der Waals surface area contributed by atoms with Crippen LogP contribution in [0.4, 0.5) is 14.6 Å². The van der Waals surface area contributed by atoms with E-state index in [1.807, 2.05) is 38.1 Å². The van der Waals surface area contributed by atoms with Crippen molar-refractivity contribution < 1.29 is 8.78 Å². The summed E-state index contributed by atoms with van der Waals surface area (Å²) in [7, 11) is 0. The molecule has 25 heavy (non-hydrogen) atoms. The van der Waals surface area contributed by atoms with E-state index in [1.165, 1.54) is 6.07 Å². The molecule has 1 aromatic heterocycles. The molecule has 0 aliphatic rings. The summed E-state index contributed by atoms with van der Waals surface area (Å²) in [6.45, 7) is 5.51. The zero-order chi connectivity index (χ0) is 18.1. The van der Waals surface area contributed by atoms with E-state index in [2.05, 4.69) is 31.2 Å². The average molecular weight is 406 g/mol. The summed E-state index contributed by atoms with van der Waals surface area (Å²) in [6, 6.07) is 10.6. The molecule has 0 aliphatic heterocycles. The smallest absolute Gasteiger partial charge is 0.264 e. The molecule has 6 heteroatoms. The third-order valence-corrected chi connectivity index (χ3v) is 4.74. The predicted octanol–water partition coefficient (Wildman–Crippen LogP) is 6.12. The molecule has 0 unspecified atom stereocenters. The highest BCUT2D eigenvalue weighted by molar-refractivity contribution is 9.10. The van der Waals surface area contributed by atoms with Gasteiger partial charge in [-0.3, -0.25) is 0 Å².